The lowest BCUT2D eigenvalue weighted by molar-refractivity contribution is 0.112. The van der Waals surface area contributed by atoms with Crippen LogP contribution in [-0.4, -0.2) is 39.0 Å². The molecule has 0 aromatic rings. The Morgan fingerprint density at radius 1 is 1.00 bits per heavy atom. The molecule has 0 bridgehead atoms. The van der Waals surface area contributed by atoms with Crippen LogP contribution in [0, 0.1) is 5.41 Å². The molecule has 0 atom stereocenters. The highest BCUT2D eigenvalue weighted by molar-refractivity contribution is 6.04. The largest absolute Gasteiger partial charge is 0.349 e. The Morgan fingerprint density at radius 2 is 1.58 bits per heavy atom. The zero-order chi connectivity index (χ0) is 8.44. The molecule has 0 aromatic carbocycles. The summed E-state index contributed by atoms with van der Waals surface area (Å²) in [5.41, 5.74) is 0.734. The molecule has 0 saturated carbocycles. The smallest absolute Gasteiger partial charge is 0.185 e. The van der Waals surface area contributed by atoms with Crippen molar-refractivity contribution in [2.45, 2.75) is 25.7 Å². The van der Waals surface area contributed by atoms with Gasteiger partial charge in [0.25, 0.3) is 0 Å². The fraction of sp³-hybridized carbons (Fsp3) is 1.00. The maximum atomic E-state index is 3.45. The summed E-state index contributed by atoms with van der Waals surface area (Å²) < 4.78 is 0. The molecule has 2 heterocycles. The van der Waals surface area contributed by atoms with Crippen LogP contribution in [-0.2, 0) is 0 Å². The van der Waals surface area contributed by atoms with Gasteiger partial charge in [-0.2, -0.15) is 0 Å². The van der Waals surface area contributed by atoms with Crippen molar-refractivity contribution in [3.63, 3.8) is 0 Å². The third-order valence-electron chi connectivity index (χ3n) is 3.71. The number of hydrogen-bond acceptors (Lipinski definition) is 2. The summed E-state index contributed by atoms with van der Waals surface area (Å²) in [5, 5.41) is 3.45. The zero-order valence-corrected chi connectivity index (χ0v) is 8.10. The summed E-state index contributed by atoms with van der Waals surface area (Å²) in [6, 6.07) is 0. The first-order valence-electron chi connectivity index (χ1n) is 5.20. The van der Waals surface area contributed by atoms with E-state index < -0.39 is 0 Å². The van der Waals surface area contributed by atoms with E-state index >= 15 is 0 Å². The van der Waals surface area contributed by atoms with E-state index in [9.17, 15) is 0 Å². The highest BCUT2D eigenvalue weighted by atomic mass is 15.0. The minimum absolute atomic E-state index is 0.734. The second kappa shape index (κ2) is 3.39. The Labute approximate surface area is 76.1 Å². The van der Waals surface area contributed by atoms with E-state index in [0.29, 0.717) is 0 Å². The van der Waals surface area contributed by atoms with E-state index in [2.05, 4.69) is 18.1 Å². The second-order valence-electron chi connectivity index (χ2n) is 4.55. The summed E-state index contributed by atoms with van der Waals surface area (Å²) in [6.07, 6.45) is 5.71. The first kappa shape index (κ1) is 8.58. The first-order valence-corrected chi connectivity index (χ1v) is 5.20. The normalized spacial score (nSPS) is 30.7. The van der Waals surface area contributed by atoms with Crippen LogP contribution >= 0.6 is 0 Å². The van der Waals surface area contributed by atoms with Gasteiger partial charge in [0.2, 0.25) is 0 Å². The molecule has 3 heteroatoms. The third kappa shape index (κ3) is 1.67. The van der Waals surface area contributed by atoms with Crippen LogP contribution in [0.25, 0.3) is 0 Å². The number of nitrogens with one attached hydrogen (secondary N) is 1. The number of rotatable bonds is 0. The van der Waals surface area contributed by atoms with Gasteiger partial charge in [-0.25, -0.2) is 0 Å². The quantitative estimate of drug-likeness (QED) is 0.509. The van der Waals surface area contributed by atoms with Gasteiger partial charge in [-0.15, -0.1) is 0 Å². The molecular formula is C9H19BN2. The Bertz CT molecular complexity index is 145. The molecule has 0 aliphatic carbocycles. The van der Waals surface area contributed by atoms with E-state index in [4.69, 9.17) is 0 Å². The van der Waals surface area contributed by atoms with Crippen LogP contribution in [0.3, 0.4) is 0 Å². The van der Waals surface area contributed by atoms with Gasteiger partial charge in [-0.1, -0.05) is 0 Å². The molecule has 0 unspecified atom stereocenters. The zero-order valence-electron chi connectivity index (χ0n) is 8.10. The van der Waals surface area contributed by atoms with Crippen LogP contribution in [0.15, 0.2) is 0 Å². The highest BCUT2D eigenvalue weighted by Gasteiger charge is 2.34. The van der Waals surface area contributed by atoms with Gasteiger partial charge in [0.1, 0.15) is 0 Å². The summed E-state index contributed by atoms with van der Waals surface area (Å²) in [6.45, 7) is 5.15. The lowest BCUT2D eigenvalue weighted by Gasteiger charge is -2.43. The topological polar surface area (TPSA) is 15.3 Å². The molecule has 2 aliphatic rings. The molecule has 68 valence electrons. The highest BCUT2D eigenvalue weighted by Crippen LogP contribution is 2.38. The Hall–Kier alpha value is -0.0151. The molecule has 2 saturated heterocycles. The Kier molecular flexibility index (Phi) is 2.42. The predicted molar refractivity (Wildman–Crippen MR) is 53.9 cm³/mol. The average Bonchev–Trinajstić information content (AvgIpc) is 2.13. The molecule has 2 nitrogen and oxygen atoms in total. The molecule has 0 aromatic heterocycles. The van der Waals surface area contributed by atoms with Crippen molar-refractivity contribution in [2.24, 2.45) is 5.41 Å². The van der Waals surface area contributed by atoms with Crippen LogP contribution in [0.4, 0.5) is 0 Å². The van der Waals surface area contributed by atoms with Crippen molar-refractivity contribution in [2.75, 3.05) is 26.2 Å². The maximum Gasteiger partial charge on any atom is 0.185 e. The van der Waals surface area contributed by atoms with Crippen molar-refractivity contribution >= 4 is 7.98 Å². The van der Waals surface area contributed by atoms with Crippen LogP contribution < -0.4 is 5.32 Å². The molecule has 1 spiro atoms. The van der Waals surface area contributed by atoms with Gasteiger partial charge in [-0.05, 0) is 57.3 Å². The number of piperidine rings is 2. The predicted octanol–water partition coefficient (Wildman–Crippen LogP) is 0.0001000. The molecule has 0 amide bonds. The fourth-order valence-corrected chi connectivity index (χ4v) is 2.55. The number of hydrogen-bond donors (Lipinski definition) is 1. The fourth-order valence-electron chi connectivity index (χ4n) is 2.55. The molecule has 2 fully saturated rings. The van der Waals surface area contributed by atoms with Crippen molar-refractivity contribution in [1.82, 2.24) is 10.1 Å². The SMILES string of the molecule is BN1CCC2(CCNCC2)CC1. The van der Waals surface area contributed by atoms with Crippen LogP contribution in [0.2, 0.25) is 0 Å². The minimum Gasteiger partial charge on any atom is -0.349 e. The van der Waals surface area contributed by atoms with Gasteiger partial charge >= 0.3 is 0 Å². The van der Waals surface area contributed by atoms with Crippen molar-refractivity contribution in [3.8, 4) is 0 Å². The van der Waals surface area contributed by atoms with Gasteiger partial charge in [-0.3, -0.25) is 0 Å². The molecule has 1 N–H and O–H groups in total. The van der Waals surface area contributed by atoms with Gasteiger partial charge in [0.15, 0.2) is 7.98 Å². The standard InChI is InChI=1S/C9H19BN2/c10-12-7-3-9(4-8-12)1-5-11-6-2-9/h11H,1-8,10H2. The molecule has 2 aliphatic heterocycles. The summed E-state index contributed by atoms with van der Waals surface area (Å²) in [5.74, 6) is 0. The van der Waals surface area contributed by atoms with Crippen LogP contribution in [0.5, 0.6) is 0 Å². The van der Waals surface area contributed by atoms with E-state index in [1.807, 2.05) is 0 Å². The van der Waals surface area contributed by atoms with Gasteiger partial charge in [0.05, 0.1) is 0 Å². The first-order chi connectivity index (χ1) is 5.81. The average molecular weight is 166 g/mol. The van der Waals surface area contributed by atoms with E-state index in [-0.39, 0.29) is 0 Å². The Morgan fingerprint density at radius 3 is 2.17 bits per heavy atom. The van der Waals surface area contributed by atoms with E-state index in [1.165, 1.54) is 51.9 Å². The van der Waals surface area contributed by atoms with Gasteiger partial charge in [0, 0.05) is 0 Å². The summed E-state index contributed by atoms with van der Waals surface area (Å²) in [7, 11) is 2.24. The lowest BCUT2D eigenvalue weighted by atomic mass is 9.71. The van der Waals surface area contributed by atoms with Crippen molar-refractivity contribution in [1.29, 1.82) is 0 Å². The lowest BCUT2D eigenvalue weighted by Crippen LogP contribution is -2.44. The van der Waals surface area contributed by atoms with E-state index in [0.717, 1.165) is 5.41 Å². The van der Waals surface area contributed by atoms with Crippen LogP contribution in [0.1, 0.15) is 25.7 Å². The molecule has 12 heavy (non-hydrogen) atoms. The summed E-state index contributed by atoms with van der Waals surface area (Å²) >= 11 is 0. The third-order valence-corrected chi connectivity index (χ3v) is 3.71. The minimum atomic E-state index is 0.734. The second-order valence-corrected chi connectivity index (χ2v) is 4.55. The molecular weight excluding hydrogens is 147 g/mol. The van der Waals surface area contributed by atoms with E-state index in [1.54, 1.807) is 0 Å². The Balaban J connectivity index is 1.92. The maximum absolute atomic E-state index is 3.45. The molecule has 0 radical (unpaired) electrons. The number of nitrogens with zero attached hydrogens (tertiary/aromatic N) is 1. The summed E-state index contributed by atoms with van der Waals surface area (Å²) in [4.78, 5) is 2.47. The monoisotopic (exact) mass is 166 g/mol. The van der Waals surface area contributed by atoms with Crippen molar-refractivity contribution in [3.05, 3.63) is 0 Å². The molecule has 2 rings (SSSR count). The van der Waals surface area contributed by atoms with Gasteiger partial charge < -0.3 is 10.1 Å². The van der Waals surface area contributed by atoms with Crippen molar-refractivity contribution < 1.29 is 0 Å².